The Morgan fingerprint density at radius 3 is 3.00 bits per heavy atom. The molecule has 1 aromatic heterocycles. The fourth-order valence-corrected chi connectivity index (χ4v) is 1.40. The van der Waals surface area contributed by atoms with E-state index in [-0.39, 0.29) is 18.2 Å². The Labute approximate surface area is 98.4 Å². The first kappa shape index (κ1) is 11.6. The predicted molar refractivity (Wildman–Crippen MR) is 60.0 cm³/mol. The third-order valence-corrected chi connectivity index (χ3v) is 2.17. The number of ether oxygens (including phenoxy) is 1. The van der Waals surface area contributed by atoms with E-state index in [0.29, 0.717) is 12.3 Å². The van der Waals surface area contributed by atoms with Crippen molar-refractivity contribution in [2.24, 2.45) is 0 Å². The Morgan fingerprint density at radius 1 is 1.41 bits per heavy atom. The summed E-state index contributed by atoms with van der Waals surface area (Å²) in [6.07, 6.45) is 0. The highest BCUT2D eigenvalue weighted by atomic mass is 19.1. The molecule has 90 valence electrons. The smallest absolute Gasteiger partial charge is 0.174 e. The number of nitrogens with zero attached hydrogens (tertiary/aromatic N) is 1. The molecule has 0 unspecified atom stereocenters. The summed E-state index contributed by atoms with van der Waals surface area (Å²) in [4.78, 5) is 0. The molecule has 0 spiro atoms. The topological polar surface area (TPSA) is 47.3 Å². The summed E-state index contributed by atoms with van der Waals surface area (Å²) in [5.74, 6) is 0.389. The second-order valence-corrected chi connectivity index (χ2v) is 3.53. The lowest BCUT2D eigenvalue weighted by atomic mass is 10.3. The zero-order valence-corrected chi connectivity index (χ0v) is 9.44. The molecule has 1 aromatic carbocycles. The van der Waals surface area contributed by atoms with Gasteiger partial charge in [-0.2, -0.15) is 0 Å². The van der Waals surface area contributed by atoms with Crippen LogP contribution in [0.15, 0.2) is 34.9 Å². The number of rotatable bonds is 5. The van der Waals surface area contributed by atoms with Crippen molar-refractivity contribution in [3.8, 4) is 5.75 Å². The summed E-state index contributed by atoms with van der Waals surface area (Å²) in [5.41, 5.74) is 0.791. The van der Waals surface area contributed by atoms with Crippen molar-refractivity contribution in [2.45, 2.75) is 13.2 Å². The van der Waals surface area contributed by atoms with E-state index in [1.807, 2.05) is 7.05 Å². The normalized spacial score (nSPS) is 10.5. The second kappa shape index (κ2) is 5.45. The van der Waals surface area contributed by atoms with Gasteiger partial charge in [0.05, 0.1) is 5.69 Å². The molecule has 0 aliphatic heterocycles. The molecule has 5 heteroatoms. The van der Waals surface area contributed by atoms with Crippen LogP contribution in [0.4, 0.5) is 4.39 Å². The number of benzene rings is 1. The van der Waals surface area contributed by atoms with Crippen molar-refractivity contribution in [3.63, 3.8) is 0 Å². The van der Waals surface area contributed by atoms with Crippen LogP contribution in [0.25, 0.3) is 0 Å². The van der Waals surface area contributed by atoms with Crippen molar-refractivity contribution in [1.82, 2.24) is 10.5 Å². The highest BCUT2D eigenvalue weighted by Crippen LogP contribution is 2.17. The quantitative estimate of drug-likeness (QED) is 0.863. The van der Waals surface area contributed by atoms with Gasteiger partial charge in [0.25, 0.3) is 0 Å². The van der Waals surface area contributed by atoms with Gasteiger partial charge in [-0.15, -0.1) is 0 Å². The van der Waals surface area contributed by atoms with Crippen molar-refractivity contribution in [2.75, 3.05) is 7.05 Å². The Kier molecular flexibility index (Phi) is 3.72. The van der Waals surface area contributed by atoms with Crippen LogP contribution in [0.5, 0.6) is 5.75 Å². The fourth-order valence-electron chi connectivity index (χ4n) is 1.40. The van der Waals surface area contributed by atoms with Crippen LogP contribution in [0.1, 0.15) is 11.5 Å². The molecule has 0 radical (unpaired) electrons. The molecule has 4 nitrogen and oxygen atoms in total. The molecule has 2 aromatic rings. The SMILES string of the molecule is CNCc1cc(COc2ccccc2F)on1. The van der Waals surface area contributed by atoms with Crippen molar-refractivity contribution in [3.05, 3.63) is 47.6 Å². The van der Waals surface area contributed by atoms with Gasteiger partial charge in [-0.05, 0) is 19.2 Å². The van der Waals surface area contributed by atoms with E-state index in [9.17, 15) is 4.39 Å². The second-order valence-electron chi connectivity index (χ2n) is 3.53. The Bertz CT molecular complexity index is 485. The third kappa shape index (κ3) is 3.04. The first-order valence-corrected chi connectivity index (χ1v) is 5.26. The average molecular weight is 236 g/mol. The summed E-state index contributed by atoms with van der Waals surface area (Å²) in [7, 11) is 1.82. The van der Waals surface area contributed by atoms with Crippen LogP contribution in [0.3, 0.4) is 0 Å². The number of para-hydroxylation sites is 1. The standard InChI is InChI=1S/C12H13FN2O2/c1-14-7-9-6-10(17-15-9)8-16-12-5-3-2-4-11(12)13/h2-6,14H,7-8H2,1H3. The largest absolute Gasteiger partial charge is 0.482 e. The number of aromatic nitrogens is 1. The molecule has 0 fully saturated rings. The van der Waals surface area contributed by atoms with Gasteiger partial charge in [0.2, 0.25) is 0 Å². The van der Waals surface area contributed by atoms with Crippen LogP contribution < -0.4 is 10.1 Å². The fraction of sp³-hybridized carbons (Fsp3) is 0.250. The molecule has 1 heterocycles. The highest BCUT2D eigenvalue weighted by molar-refractivity contribution is 5.23. The maximum atomic E-state index is 13.2. The number of hydrogen-bond donors (Lipinski definition) is 1. The lowest BCUT2D eigenvalue weighted by Gasteiger charge is -2.03. The van der Waals surface area contributed by atoms with E-state index in [1.165, 1.54) is 6.07 Å². The minimum Gasteiger partial charge on any atom is -0.482 e. The highest BCUT2D eigenvalue weighted by Gasteiger charge is 2.06. The molecule has 2 rings (SSSR count). The van der Waals surface area contributed by atoms with Gasteiger partial charge in [-0.1, -0.05) is 17.3 Å². The van der Waals surface area contributed by atoms with Crippen LogP contribution in [0.2, 0.25) is 0 Å². The first-order valence-electron chi connectivity index (χ1n) is 5.26. The summed E-state index contributed by atoms with van der Waals surface area (Å²) in [6.45, 7) is 0.793. The molecule has 0 atom stereocenters. The van der Waals surface area contributed by atoms with E-state index in [1.54, 1.807) is 24.3 Å². The van der Waals surface area contributed by atoms with Gasteiger partial charge < -0.3 is 14.6 Å². The van der Waals surface area contributed by atoms with Crippen LogP contribution >= 0.6 is 0 Å². The zero-order valence-electron chi connectivity index (χ0n) is 9.44. The number of hydrogen-bond acceptors (Lipinski definition) is 4. The van der Waals surface area contributed by atoms with Crippen LogP contribution in [-0.2, 0) is 13.2 Å². The molecule has 0 bridgehead atoms. The van der Waals surface area contributed by atoms with Crippen molar-refractivity contribution < 1.29 is 13.7 Å². The molecule has 17 heavy (non-hydrogen) atoms. The van der Waals surface area contributed by atoms with Gasteiger partial charge in [0.15, 0.2) is 17.3 Å². The number of nitrogens with one attached hydrogen (secondary N) is 1. The molecule has 0 amide bonds. The monoisotopic (exact) mass is 236 g/mol. The zero-order chi connectivity index (χ0) is 12.1. The minimum absolute atomic E-state index is 0.164. The maximum Gasteiger partial charge on any atom is 0.174 e. The Balaban J connectivity index is 1.95. The average Bonchev–Trinajstić information content (AvgIpc) is 2.76. The van der Waals surface area contributed by atoms with Gasteiger partial charge in [0.1, 0.15) is 6.61 Å². The van der Waals surface area contributed by atoms with E-state index < -0.39 is 0 Å². The maximum absolute atomic E-state index is 13.2. The molecular weight excluding hydrogens is 223 g/mol. The Morgan fingerprint density at radius 2 is 2.24 bits per heavy atom. The summed E-state index contributed by atoms with van der Waals surface area (Å²) in [5, 5.41) is 6.79. The van der Waals surface area contributed by atoms with Gasteiger partial charge in [-0.3, -0.25) is 0 Å². The van der Waals surface area contributed by atoms with Gasteiger partial charge in [0, 0.05) is 12.6 Å². The molecule has 0 saturated heterocycles. The van der Waals surface area contributed by atoms with Crippen LogP contribution in [0, 0.1) is 5.82 Å². The van der Waals surface area contributed by atoms with E-state index in [2.05, 4.69) is 10.5 Å². The summed E-state index contributed by atoms with van der Waals surface area (Å²) >= 11 is 0. The molecule has 0 aliphatic rings. The summed E-state index contributed by atoms with van der Waals surface area (Å²) < 4.78 is 23.6. The molecular formula is C12H13FN2O2. The van der Waals surface area contributed by atoms with Gasteiger partial charge in [-0.25, -0.2) is 4.39 Å². The molecule has 1 N–H and O–H groups in total. The predicted octanol–water partition coefficient (Wildman–Crippen LogP) is 2.11. The lowest BCUT2D eigenvalue weighted by Crippen LogP contribution is -2.04. The van der Waals surface area contributed by atoms with Crippen molar-refractivity contribution >= 4 is 0 Å². The van der Waals surface area contributed by atoms with E-state index in [4.69, 9.17) is 9.26 Å². The third-order valence-electron chi connectivity index (χ3n) is 2.17. The minimum atomic E-state index is -0.387. The Hall–Kier alpha value is -1.88. The molecule has 0 saturated carbocycles. The van der Waals surface area contributed by atoms with Crippen molar-refractivity contribution in [1.29, 1.82) is 0 Å². The van der Waals surface area contributed by atoms with E-state index >= 15 is 0 Å². The number of halogens is 1. The van der Waals surface area contributed by atoms with Gasteiger partial charge >= 0.3 is 0 Å². The van der Waals surface area contributed by atoms with E-state index in [0.717, 1.165) is 5.69 Å². The first-order chi connectivity index (χ1) is 8.29. The summed E-state index contributed by atoms with van der Waals surface area (Å²) in [6, 6.07) is 8.02. The molecule has 0 aliphatic carbocycles. The van der Waals surface area contributed by atoms with Crippen LogP contribution in [-0.4, -0.2) is 12.2 Å². The lowest BCUT2D eigenvalue weighted by molar-refractivity contribution is 0.239.